The fraction of sp³-hybridized carbons (Fsp3) is 0.600. The Morgan fingerprint density at radius 3 is 3.18 bits per heavy atom. The average Bonchev–Trinajstić information content (AvgIpc) is 2.40. The Morgan fingerprint density at radius 1 is 1.29 bits per heavy atom. The highest BCUT2D eigenvalue weighted by Crippen LogP contribution is 2.31. The van der Waals surface area contributed by atoms with Gasteiger partial charge in [0.15, 0.2) is 0 Å². The van der Waals surface area contributed by atoms with Gasteiger partial charge in [-0.25, -0.2) is 0 Å². The zero-order valence-corrected chi connectivity index (χ0v) is 11.2. The lowest BCUT2D eigenvalue weighted by Gasteiger charge is -2.23. The quantitative estimate of drug-likeness (QED) is 0.861. The lowest BCUT2D eigenvalue weighted by Crippen LogP contribution is -2.30. The van der Waals surface area contributed by atoms with E-state index in [-0.39, 0.29) is 0 Å². The van der Waals surface area contributed by atoms with Gasteiger partial charge in [0.25, 0.3) is 0 Å². The van der Waals surface area contributed by atoms with Crippen LogP contribution in [0.15, 0.2) is 23.1 Å². The first-order valence-electron chi connectivity index (χ1n) is 6.87. The third kappa shape index (κ3) is 2.86. The molecule has 2 heteroatoms. The largest absolute Gasteiger partial charge is 0.316 e. The first kappa shape index (κ1) is 11.6. The number of aryl methyl sites for hydroxylation is 1. The van der Waals surface area contributed by atoms with Gasteiger partial charge >= 0.3 is 0 Å². The predicted molar refractivity (Wildman–Crippen MR) is 74.8 cm³/mol. The summed E-state index contributed by atoms with van der Waals surface area (Å²) in [6, 6.07) is 7.18. The molecule has 2 aliphatic rings. The highest BCUT2D eigenvalue weighted by Gasteiger charge is 2.15. The van der Waals surface area contributed by atoms with Crippen molar-refractivity contribution < 1.29 is 0 Å². The van der Waals surface area contributed by atoms with Crippen molar-refractivity contribution in [2.75, 3.05) is 18.8 Å². The lowest BCUT2D eigenvalue weighted by molar-refractivity contribution is 0.376. The maximum Gasteiger partial charge on any atom is 0.0107 e. The van der Waals surface area contributed by atoms with Gasteiger partial charge in [-0.3, -0.25) is 0 Å². The van der Waals surface area contributed by atoms with Crippen LogP contribution in [0.1, 0.15) is 30.4 Å². The third-order valence-corrected chi connectivity index (χ3v) is 5.09. The second-order valence-corrected chi connectivity index (χ2v) is 6.45. The molecule has 0 amide bonds. The van der Waals surface area contributed by atoms with Gasteiger partial charge in [0, 0.05) is 4.90 Å². The molecule has 1 fully saturated rings. The Hall–Kier alpha value is -0.470. The molecule has 1 aromatic rings. The molecule has 1 unspecified atom stereocenters. The number of fused-ring (bicyclic) bond motifs is 1. The Bertz CT molecular complexity index is 383. The number of nitrogens with one attached hydrogen (secondary N) is 1. The summed E-state index contributed by atoms with van der Waals surface area (Å²) in [5, 5.41) is 3.51. The molecule has 0 aliphatic carbocycles. The normalized spacial score (nSPS) is 24.4. The molecule has 2 aliphatic heterocycles. The maximum atomic E-state index is 3.51. The van der Waals surface area contributed by atoms with E-state index in [2.05, 4.69) is 23.5 Å². The summed E-state index contributed by atoms with van der Waals surface area (Å²) < 4.78 is 0. The van der Waals surface area contributed by atoms with Crippen LogP contribution in [0.3, 0.4) is 0 Å². The monoisotopic (exact) mass is 247 g/mol. The van der Waals surface area contributed by atoms with Crippen LogP contribution in [-0.4, -0.2) is 18.8 Å². The van der Waals surface area contributed by atoms with E-state index < -0.39 is 0 Å². The van der Waals surface area contributed by atoms with Gasteiger partial charge < -0.3 is 5.32 Å². The van der Waals surface area contributed by atoms with Crippen LogP contribution in [-0.2, 0) is 12.8 Å². The van der Waals surface area contributed by atoms with Gasteiger partial charge in [0.1, 0.15) is 0 Å². The molecule has 0 spiro atoms. The summed E-state index contributed by atoms with van der Waals surface area (Å²) in [4.78, 5) is 1.55. The summed E-state index contributed by atoms with van der Waals surface area (Å²) >= 11 is 2.05. The SMILES string of the molecule is c1cc2c(cc1CC1CCCNC1)SCCC2. The van der Waals surface area contributed by atoms with E-state index in [0.717, 1.165) is 5.92 Å². The Morgan fingerprint density at radius 2 is 2.29 bits per heavy atom. The van der Waals surface area contributed by atoms with Crippen molar-refractivity contribution in [2.24, 2.45) is 5.92 Å². The van der Waals surface area contributed by atoms with Crippen molar-refractivity contribution in [1.82, 2.24) is 5.32 Å². The van der Waals surface area contributed by atoms with Crippen LogP contribution >= 0.6 is 11.8 Å². The fourth-order valence-corrected chi connectivity index (χ4v) is 4.04. The molecule has 0 aromatic heterocycles. The summed E-state index contributed by atoms with van der Waals surface area (Å²) in [5.41, 5.74) is 3.12. The van der Waals surface area contributed by atoms with Crippen LogP contribution in [0.4, 0.5) is 0 Å². The van der Waals surface area contributed by atoms with Crippen LogP contribution in [0.2, 0.25) is 0 Å². The molecule has 1 saturated heterocycles. The van der Waals surface area contributed by atoms with Crippen molar-refractivity contribution >= 4 is 11.8 Å². The van der Waals surface area contributed by atoms with Crippen molar-refractivity contribution in [3.05, 3.63) is 29.3 Å². The number of piperidine rings is 1. The molecule has 0 bridgehead atoms. The smallest absolute Gasteiger partial charge is 0.0107 e. The molecule has 17 heavy (non-hydrogen) atoms. The van der Waals surface area contributed by atoms with Crippen molar-refractivity contribution in [3.63, 3.8) is 0 Å². The minimum atomic E-state index is 0.857. The van der Waals surface area contributed by atoms with Crippen LogP contribution in [0.25, 0.3) is 0 Å². The summed E-state index contributed by atoms with van der Waals surface area (Å²) in [6.07, 6.45) is 6.65. The van der Waals surface area contributed by atoms with Crippen molar-refractivity contribution in [3.8, 4) is 0 Å². The molecule has 92 valence electrons. The van der Waals surface area contributed by atoms with Crippen LogP contribution < -0.4 is 5.32 Å². The molecule has 2 heterocycles. The molecule has 1 N–H and O–H groups in total. The summed E-state index contributed by atoms with van der Waals surface area (Å²) in [5.74, 6) is 2.16. The number of rotatable bonds is 2. The minimum Gasteiger partial charge on any atom is -0.316 e. The maximum absolute atomic E-state index is 3.51. The third-order valence-electron chi connectivity index (χ3n) is 3.90. The van der Waals surface area contributed by atoms with Crippen molar-refractivity contribution in [1.29, 1.82) is 0 Å². The topological polar surface area (TPSA) is 12.0 Å². The van der Waals surface area contributed by atoms with E-state index >= 15 is 0 Å². The molecular weight excluding hydrogens is 226 g/mol. The van der Waals surface area contributed by atoms with E-state index in [1.807, 2.05) is 11.8 Å². The van der Waals surface area contributed by atoms with Crippen LogP contribution in [0.5, 0.6) is 0 Å². The van der Waals surface area contributed by atoms with Gasteiger partial charge in [-0.1, -0.05) is 12.1 Å². The molecule has 1 aromatic carbocycles. The highest BCUT2D eigenvalue weighted by molar-refractivity contribution is 7.99. The average molecular weight is 247 g/mol. The zero-order valence-electron chi connectivity index (χ0n) is 10.4. The second kappa shape index (κ2) is 5.45. The molecule has 0 saturated carbocycles. The van der Waals surface area contributed by atoms with E-state index in [9.17, 15) is 0 Å². The Balaban J connectivity index is 1.70. The molecular formula is C15H21NS. The fourth-order valence-electron chi connectivity index (χ4n) is 2.94. The number of benzene rings is 1. The highest BCUT2D eigenvalue weighted by atomic mass is 32.2. The summed E-state index contributed by atoms with van der Waals surface area (Å²) in [7, 11) is 0. The van der Waals surface area contributed by atoms with E-state index in [4.69, 9.17) is 0 Å². The molecule has 1 nitrogen and oxygen atoms in total. The number of thioether (sulfide) groups is 1. The first-order chi connectivity index (χ1) is 8.42. The molecule has 0 radical (unpaired) electrons. The molecule has 3 rings (SSSR count). The van der Waals surface area contributed by atoms with Gasteiger partial charge in [-0.2, -0.15) is 0 Å². The van der Waals surface area contributed by atoms with Gasteiger partial charge in [0.2, 0.25) is 0 Å². The van der Waals surface area contributed by atoms with Gasteiger partial charge in [0.05, 0.1) is 0 Å². The Kier molecular flexibility index (Phi) is 3.72. The number of hydrogen-bond donors (Lipinski definition) is 1. The predicted octanol–water partition coefficient (Wildman–Crippen LogP) is 3.27. The zero-order chi connectivity index (χ0) is 11.5. The van der Waals surface area contributed by atoms with E-state index in [1.165, 1.54) is 50.9 Å². The first-order valence-corrected chi connectivity index (χ1v) is 7.86. The second-order valence-electron chi connectivity index (χ2n) is 5.31. The standard InChI is InChI=1S/C15H21NS/c1-3-13(11-16-7-1)9-12-5-6-14-4-2-8-17-15(14)10-12/h5-6,10,13,16H,1-4,7-9,11H2. The minimum absolute atomic E-state index is 0.857. The molecule has 1 atom stereocenters. The lowest BCUT2D eigenvalue weighted by atomic mass is 9.92. The summed E-state index contributed by atoms with van der Waals surface area (Å²) in [6.45, 7) is 2.43. The van der Waals surface area contributed by atoms with Crippen LogP contribution in [0, 0.1) is 5.92 Å². The Labute approximate surface area is 108 Å². The van der Waals surface area contributed by atoms with Gasteiger partial charge in [-0.05, 0) is 74.1 Å². The van der Waals surface area contributed by atoms with E-state index in [1.54, 1.807) is 16.0 Å². The van der Waals surface area contributed by atoms with E-state index in [0.29, 0.717) is 0 Å². The van der Waals surface area contributed by atoms with Crippen molar-refractivity contribution in [2.45, 2.75) is 37.0 Å². The van der Waals surface area contributed by atoms with Gasteiger partial charge in [-0.15, -0.1) is 11.8 Å². The number of hydrogen-bond acceptors (Lipinski definition) is 2.